The Bertz CT molecular complexity index is 497. The minimum Gasteiger partial charge on any atom is -0.480 e. The summed E-state index contributed by atoms with van der Waals surface area (Å²) in [7, 11) is 0. The largest absolute Gasteiger partial charge is 0.480 e. The van der Waals surface area contributed by atoms with Crippen molar-refractivity contribution in [1.82, 2.24) is 4.90 Å². The maximum atomic E-state index is 11.9. The van der Waals surface area contributed by atoms with Gasteiger partial charge in [0, 0.05) is 27.4 Å². The van der Waals surface area contributed by atoms with E-state index in [1.807, 2.05) is 11.4 Å². The Morgan fingerprint density at radius 3 is 2.94 bits per heavy atom. The maximum Gasteiger partial charge on any atom is 0.326 e. The minimum absolute atomic E-state index is 0.232. The van der Waals surface area contributed by atoms with E-state index in [2.05, 4.69) is 15.9 Å². The lowest BCUT2D eigenvalue weighted by Gasteiger charge is -2.19. The van der Waals surface area contributed by atoms with Crippen molar-refractivity contribution in [3.8, 4) is 0 Å². The highest BCUT2D eigenvalue weighted by Gasteiger charge is 2.32. The highest BCUT2D eigenvalue weighted by molar-refractivity contribution is 9.10. The van der Waals surface area contributed by atoms with Crippen molar-refractivity contribution in [3.05, 3.63) is 26.9 Å². The second-order valence-corrected chi connectivity index (χ2v) is 5.89. The molecule has 0 aliphatic carbocycles. The van der Waals surface area contributed by atoms with Gasteiger partial charge in [0.1, 0.15) is 6.04 Å². The molecule has 4 nitrogen and oxygen atoms in total. The van der Waals surface area contributed by atoms with Crippen LogP contribution in [0.25, 0.3) is 6.08 Å². The van der Waals surface area contributed by atoms with Gasteiger partial charge in [0.25, 0.3) is 0 Å². The first-order valence-electron chi connectivity index (χ1n) is 5.53. The lowest BCUT2D eigenvalue weighted by atomic mass is 10.2. The molecule has 1 aliphatic heterocycles. The maximum absolute atomic E-state index is 11.9. The summed E-state index contributed by atoms with van der Waals surface area (Å²) in [6.45, 7) is 0.522. The number of aliphatic carboxylic acids is 1. The SMILES string of the molecule is O=C(O)C1CCCN1C(=O)C=Cc1cc(Br)cs1. The predicted molar refractivity (Wildman–Crippen MR) is 73.4 cm³/mol. The van der Waals surface area contributed by atoms with E-state index in [9.17, 15) is 9.59 Å². The first kappa shape index (κ1) is 13.3. The molecule has 1 aromatic rings. The number of carboxylic acids is 1. The zero-order chi connectivity index (χ0) is 13.1. The molecule has 1 N–H and O–H groups in total. The van der Waals surface area contributed by atoms with Crippen LogP contribution in [0.1, 0.15) is 17.7 Å². The first-order chi connectivity index (χ1) is 8.58. The Morgan fingerprint density at radius 1 is 1.56 bits per heavy atom. The van der Waals surface area contributed by atoms with Crippen molar-refractivity contribution < 1.29 is 14.7 Å². The van der Waals surface area contributed by atoms with Gasteiger partial charge in [-0.3, -0.25) is 4.79 Å². The fraction of sp³-hybridized carbons (Fsp3) is 0.333. The molecule has 1 aromatic heterocycles. The van der Waals surface area contributed by atoms with Gasteiger partial charge in [0.15, 0.2) is 0 Å². The monoisotopic (exact) mass is 329 g/mol. The molecule has 1 aliphatic rings. The average molecular weight is 330 g/mol. The normalized spacial score (nSPS) is 19.6. The number of hydrogen-bond acceptors (Lipinski definition) is 3. The Balaban J connectivity index is 2.03. The number of rotatable bonds is 3. The van der Waals surface area contributed by atoms with Gasteiger partial charge >= 0.3 is 5.97 Å². The summed E-state index contributed by atoms with van der Waals surface area (Å²) < 4.78 is 0.976. The van der Waals surface area contributed by atoms with Gasteiger partial charge in [-0.1, -0.05) is 0 Å². The van der Waals surface area contributed by atoms with Crippen LogP contribution >= 0.6 is 27.3 Å². The van der Waals surface area contributed by atoms with Gasteiger partial charge in [-0.05, 0) is 40.9 Å². The zero-order valence-corrected chi connectivity index (χ0v) is 11.9. The summed E-state index contributed by atoms with van der Waals surface area (Å²) in [6.07, 6.45) is 4.45. The molecule has 0 radical (unpaired) electrons. The third-order valence-corrected chi connectivity index (χ3v) is 4.46. The van der Waals surface area contributed by atoms with Crippen LogP contribution in [0.4, 0.5) is 0 Å². The number of thiophene rings is 1. The molecule has 0 aromatic carbocycles. The van der Waals surface area contributed by atoms with Crippen molar-refractivity contribution in [3.63, 3.8) is 0 Å². The van der Waals surface area contributed by atoms with Crippen LogP contribution in [-0.2, 0) is 9.59 Å². The number of amides is 1. The van der Waals surface area contributed by atoms with Gasteiger partial charge in [0.05, 0.1) is 0 Å². The number of carboxylic acid groups (broad SMARTS) is 1. The van der Waals surface area contributed by atoms with E-state index in [0.29, 0.717) is 13.0 Å². The highest BCUT2D eigenvalue weighted by atomic mass is 79.9. The molecule has 2 heterocycles. The van der Waals surface area contributed by atoms with Crippen LogP contribution in [0.5, 0.6) is 0 Å². The van der Waals surface area contributed by atoms with E-state index >= 15 is 0 Å². The van der Waals surface area contributed by atoms with E-state index in [-0.39, 0.29) is 5.91 Å². The van der Waals surface area contributed by atoms with Gasteiger partial charge in [-0.25, -0.2) is 4.79 Å². The molecule has 18 heavy (non-hydrogen) atoms. The standard InChI is InChI=1S/C12H12BrNO3S/c13-8-6-9(18-7-8)3-4-11(15)14-5-1-2-10(14)12(16)17/h3-4,6-7,10H,1-2,5H2,(H,16,17). The second-order valence-electron chi connectivity index (χ2n) is 4.03. The van der Waals surface area contributed by atoms with Crippen LogP contribution < -0.4 is 0 Å². The zero-order valence-electron chi connectivity index (χ0n) is 9.51. The summed E-state index contributed by atoms with van der Waals surface area (Å²) in [4.78, 5) is 25.3. The third kappa shape index (κ3) is 3.00. The molecular formula is C12H12BrNO3S. The van der Waals surface area contributed by atoms with Crippen molar-refractivity contribution in [2.75, 3.05) is 6.54 Å². The first-order valence-corrected chi connectivity index (χ1v) is 7.20. The predicted octanol–water partition coefficient (Wildman–Crippen LogP) is 2.60. The molecule has 1 fully saturated rings. The smallest absolute Gasteiger partial charge is 0.326 e. The van der Waals surface area contributed by atoms with Crippen LogP contribution in [0.15, 0.2) is 22.0 Å². The lowest BCUT2D eigenvalue weighted by Crippen LogP contribution is -2.39. The second kappa shape index (κ2) is 5.67. The van der Waals surface area contributed by atoms with E-state index in [4.69, 9.17) is 5.11 Å². The van der Waals surface area contributed by atoms with Crippen molar-refractivity contribution in [1.29, 1.82) is 0 Å². The number of likely N-dealkylation sites (tertiary alicyclic amines) is 1. The van der Waals surface area contributed by atoms with Crippen LogP contribution in [0.3, 0.4) is 0 Å². The molecule has 6 heteroatoms. The summed E-state index contributed by atoms with van der Waals surface area (Å²) in [6, 6.07) is 1.24. The van der Waals surface area contributed by atoms with Gasteiger partial charge in [-0.15, -0.1) is 11.3 Å². The van der Waals surface area contributed by atoms with Crippen molar-refractivity contribution in [2.45, 2.75) is 18.9 Å². The van der Waals surface area contributed by atoms with Gasteiger partial charge in [0.2, 0.25) is 5.91 Å². The molecule has 1 saturated heterocycles. The Hall–Kier alpha value is -1.14. The van der Waals surface area contributed by atoms with E-state index in [0.717, 1.165) is 15.8 Å². The molecule has 0 saturated carbocycles. The van der Waals surface area contributed by atoms with E-state index < -0.39 is 12.0 Å². The fourth-order valence-electron chi connectivity index (χ4n) is 1.95. The lowest BCUT2D eigenvalue weighted by molar-refractivity contribution is -0.146. The quantitative estimate of drug-likeness (QED) is 0.867. The molecule has 1 atom stereocenters. The van der Waals surface area contributed by atoms with Crippen molar-refractivity contribution >= 4 is 45.2 Å². The number of carbonyl (C=O) groups is 2. The van der Waals surface area contributed by atoms with Crippen LogP contribution in [-0.4, -0.2) is 34.5 Å². The molecule has 2 rings (SSSR count). The summed E-state index contributed by atoms with van der Waals surface area (Å²) >= 11 is 4.86. The van der Waals surface area contributed by atoms with Crippen molar-refractivity contribution in [2.24, 2.45) is 0 Å². The Kier molecular flexibility index (Phi) is 4.19. The van der Waals surface area contributed by atoms with Gasteiger partial charge in [-0.2, -0.15) is 0 Å². The number of carbonyl (C=O) groups excluding carboxylic acids is 1. The minimum atomic E-state index is -0.923. The topological polar surface area (TPSA) is 57.6 Å². The molecule has 0 spiro atoms. The van der Waals surface area contributed by atoms with Crippen LogP contribution in [0, 0.1) is 0 Å². The average Bonchev–Trinajstić information content (AvgIpc) is 2.94. The highest BCUT2D eigenvalue weighted by Crippen LogP contribution is 2.22. The fourth-order valence-corrected chi connectivity index (χ4v) is 3.29. The number of nitrogens with zero attached hydrogens (tertiary/aromatic N) is 1. The summed E-state index contributed by atoms with van der Waals surface area (Å²) in [5.74, 6) is -1.16. The van der Waals surface area contributed by atoms with Gasteiger partial charge < -0.3 is 10.0 Å². The number of halogens is 1. The molecule has 1 amide bonds. The molecule has 1 unspecified atom stereocenters. The summed E-state index contributed by atoms with van der Waals surface area (Å²) in [5, 5.41) is 10.9. The Labute approximate surface area is 117 Å². The molecular weight excluding hydrogens is 318 g/mol. The van der Waals surface area contributed by atoms with E-state index in [1.54, 1.807) is 6.08 Å². The molecule has 0 bridgehead atoms. The van der Waals surface area contributed by atoms with E-state index in [1.165, 1.54) is 22.3 Å². The van der Waals surface area contributed by atoms with Crippen LogP contribution in [0.2, 0.25) is 0 Å². The number of hydrogen-bond donors (Lipinski definition) is 1. The Morgan fingerprint density at radius 2 is 2.33 bits per heavy atom. The third-order valence-electron chi connectivity index (χ3n) is 2.80. The summed E-state index contributed by atoms with van der Waals surface area (Å²) in [5.41, 5.74) is 0. The molecule has 96 valence electrons.